The monoisotopic (exact) mass is 359 g/mol. The summed E-state index contributed by atoms with van der Waals surface area (Å²) >= 11 is 0. The van der Waals surface area contributed by atoms with Crippen molar-refractivity contribution in [3.05, 3.63) is 27.2 Å². The third-order valence-corrected chi connectivity index (χ3v) is 6.35. The normalized spacial score (nSPS) is 25.7. The molecule has 2 fully saturated rings. The molecule has 2 heterocycles. The number of carbonyl (C=O) groups excluding carboxylic acids is 1. The van der Waals surface area contributed by atoms with Crippen molar-refractivity contribution in [1.29, 1.82) is 0 Å². The van der Waals surface area contributed by atoms with Crippen LogP contribution in [0.2, 0.25) is 0 Å². The van der Waals surface area contributed by atoms with Crippen LogP contribution >= 0.6 is 0 Å². The van der Waals surface area contributed by atoms with Crippen molar-refractivity contribution >= 4 is 17.1 Å². The van der Waals surface area contributed by atoms with Gasteiger partial charge in [0.05, 0.1) is 6.33 Å². The van der Waals surface area contributed by atoms with Gasteiger partial charge >= 0.3 is 5.69 Å². The number of rotatable bonds is 4. The summed E-state index contributed by atoms with van der Waals surface area (Å²) in [6, 6.07) is 0.139. The molecule has 26 heavy (non-hydrogen) atoms. The lowest BCUT2D eigenvalue weighted by Gasteiger charge is -2.28. The second-order valence-corrected chi connectivity index (χ2v) is 7.95. The van der Waals surface area contributed by atoms with Crippen LogP contribution in [0.25, 0.3) is 11.2 Å². The number of nitrogens with zero attached hydrogens (tertiary/aromatic N) is 4. The Bertz CT molecular complexity index is 985. The molecule has 1 amide bonds. The first-order valence-corrected chi connectivity index (χ1v) is 9.27. The molecule has 0 spiro atoms. The topological polar surface area (TPSA) is 90.9 Å². The number of hydrogen-bond acceptors (Lipinski definition) is 4. The first kappa shape index (κ1) is 17.1. The summed E-state index contributed by atoms with van der Waals surface area (Å²) in [6.45, 7) is 2.10. The summed E-state index contributed by atoms with van der Waals surface area (Å²) in [7, 11) is 3.00. The van der Waals surface area contributed by atoms with Crippen LogP contribution in [0, 0.1) is 17.8 Å². The molecule has 2 saturated carbocycles. The molecular weight excluding hydrogens is 334 g/mol. The van der Waals surface area contributed by atoms with Gasteiger partial charge in [0.2, 0.25) is 5.91 Å². The molecule has 0 saturated heterocycles. The third-order valence-electron chi connectivity index (χ3n) is 6.35. The van der Waals surface area contributed by atoms with Crippen LogP contribution in [0.3, 0.4) is 0 Å². The molecule has 8 heteroatoms. The Labute approximate surface area is 150 Å². The fourth-order valence-corrected chi connectivity index (χ4v) is 4.98. The van der Waals surface area contributed by atoms with Crippen LogP contribution in [0.4, 0.5) is 0 Å². The number of fused-ring (bicyclic) bond motifs is 3. The van der Waals surface area contributed by atoms with E-state index in [-0.39, 0.29) is 24.0 Å². The minimum Gasteiger partial charge on any atom is -0.352 e. The summed E-state index contributed by atoms with van der Waals surface area (Å²) in [6.07, 6.45) is 6.59. The van der Waals surface area contributed by atoms with Crippen LogP contribution in [0.5, 0.6) is 0 Å². The van der Waals surface area contributed by atoms with Crippen molar-refractivity contribution in [2.45, 2.75) is 45.2 Å². The van der Waals surface area contributed by atoms with Crippen molar-refractivity contribution in [3.8, 4) is 0 Å². The Kier molecular flexibility index (Phi) is 4.00. The van der Waals surface area contributed by atoms with E-state index < -0.39 is 11.2 Å². The van der Waals surface area contributed by atoms with E-state index in [9.17, 15) is 14.4 Å². The molecule has 2 aromatic rings. The lowest BCUT2D eigenvalue weighted by molar-refractivity contribution is -0.122. The molecule has 8 nitrogen and oxygen atoms in total. The molecule has 2 bridgehead atoms. The number of aromatic nitrogens is 4. The number of carbonyl (C=O) groups is 1. The Hall–Kier alpha value is -2.38. The van der Waals surface area contributed by atoms with Crippen LogP contribution in [-0.4, -0.2) is 30.6 Å². The van der Waals surface area contributed by atoms with Crippen LogP contribution in [-0.2, 0) is 25.4 Å². The van der Waals surface area contributed by atoms with Crippen molar-refractivity contribution in [2.75, 3.05) is 0 Å². The van der Waals surface area contributed by atoms with E-state index in [0.717, 1.165) is 16.4 Å². The van der Waals surface area contributed by atoms with Gasteiger partial charge in [0.25, 0.3) is 5.56 Å². The van der Waals surface area contributed by atoms with Crippen LogP contribution < -0.4 is 16.6 Å². The predicted molar refractivity (Wildman–Crippen MR) is 96.8 cm³/mol. The van der Waals surface area contributed by atoms with Crippen molar-refractivity contribution in [2.24, 2.45) is 31.8 Å². The molecule has 4 atom stereocenters. The number of imidazole rings is 1. The van der Waals surface area contributed by atoms with Crippen LogP contribution in [0.1, 0.15) is 32.6 Å². The second kappa shape index (κ2) is 6.10. The highest BCUT2D eigenvalue weighted by atomic mass is 16.2. The minimum absolute atomic E-state index is 0.0229. The summed E-state index contributed by atoms with van der Waals surface area (Å²) in [5.74, 6) is 2.01. The van der Waals surface area contributed by atoms with Gasteiger partial charge < -0.3 is 9.88 Å². The third kappa shape index (κ3) is 2.59. The molecule has 0 aliphatic heterocycles. The van der Waals surface area contributed by atoms with Crippen molar-refractivity contribution < 1.29 is 4.79 Å². The minimum atomic E-state index is -0.436. The van der Waals surface area contributed by atoms with E-state index in [2.05, 4.69) is 17.2 Å². The molecule has 0 aromatic carbocycles. The Morgan fingerprint density at radius 1 is 1.27 bits per heavy atom. The van der Waals surface area contributed by atoms with E-state index in [0.29, 0.717) is 11.6 Å². The zero-order valence-electron chi connectivity index (χ0n) is 15.4. The van der Waals surface area contributed by atoms with Crippen molar-refractivity contribution in [3.63, 3.8) is 0 Å². The summed E-state index contributed by atoms with van der Waals surface area (Å²) in [5.41, 5.74) is -0.291. The maximum atomic E-state index is 12.5. The van der Waals surface area contributed by atoms with Crippen molar-refractivity contribution in [1.82, 2.24) is 24.0 Å². The first-order chi connectivity index (χ1) is 12.4. The number of aryl methyl sites for hydroxylation is 1. The number of hydrogen-bond donors (Lipinski definition) is 1. The fraction of sp³-hybridized carbons (Fsp3) is 0.667. The smallest absolute Gasteiger partial charge is 0.332 e. The van der Waals surface area contributed by atoms with Gasteiger partial charge in [-0.3, -0.25) is 18.7 Å². The van der Waals surface area contributed by atoms with Gasteiger partial charge in [-0.1, -0.05) is 6.42 Å². The van der Waals surface area contributed by atoms with Gasteiger partial charge in [-0.2, -0.15) is 0 Å². The Balaban J connectivity index is 1.53. The second-order valence-electron chi connectivity index (χ2n) is 7.95. The molecule has 140 valence electrons. The average molecular weight is 359 g/mol. The van der Waals surface area contributed by atoms with Gasteiger partial charge in [0, 0.05) is 20.1 Å². The number of nitrogens with one attached hydrogen (secondary N) is 1. The summed E-state index contributed by atoms with van der Waals surface area (Å²) in [4.78, 5) is 41.1. The molecule has 0 radical (unpaired) electrons. The highest BCUT2D eigenvalue weighted by Gasteiger charge is 2.42. The van der Waals surface area contributed by atoms with Gasteiger partial charge in [0.15, 0.2) is 11.2 Å². The van der Waals surface area contributed by atoms with Gasteiger partial charge in [0.1, 0.15) is 6.54 Å². The molecule has 2 aliphatic carbocycles. The van der Waals surface area contributed by atoms with E-state index in [1.807, 2.05) is 0 Å². The molecule has 2 aromatic heterocycles. The predicted octanol–water partition coefficient (Wildman–Crippen LogP) is 0.375. The molecule has 2 aliphatic rings. The van der Waals surface area contributed by atoms with Gasteiger partial charge in [-0.15, -0.1) is 0 Å². The summed E-state index contributed by atoms with van der Waals surface area (Å²) in [5, 5.41) is 3.10. The lowest BCUT2D eigenvalue weighted by Crippen LogP contribution is -2.42. The molecule has 4 rings (SSSR count). The Morgan fingerprint density at radius 2 is 2.04 bits per heavy atom. The van der Waals surface area contributed by atoms with E-state index in [1.54, 1.807) is 7.05 Å². The van der Waals surface area contributed by atoms with E-state index in [1.165, 1.54) is 48.2 Å². The first-order valence-electron chi connectivity index (χ1n) is 9.27. The molecular formula is C18H25N5O3. The Morgan fingerprint density at radius 3 is 2.69 bits per heavy atom. The van der Waals surface area contributed by atoms with E-state index >= 15 is 0 Å². The van der Waals surface area contributed by atoms with Gasteiger partial charge in [-0.05, 0) is 43.9 Å². The zero-order valence-corrected chi connectivity index (χ0v) is 15.4. The maximum Gasteiger partial charge on any atom is 0.332 e. The number of amides is 1. The quantitative estimate of drug-likeness (QED) is 0.854. The van der Waals surface area contributed by atoms with Crippen LogP contribution in [0.15, 0.2) is 15.9 Å². The highest BCUT2D eigenvalue weighted by Crippen LogP contribution is 2.49. The maximum absolute atomic E-state index is 12.5. The van der Waals surface area contributed by atoms with E-state index in [4.69, 9.17) is 0 Å². The SMILES string of the molecule is CC(NC(=O)Cn1cnc2c1c(=O)n(C)c(=O)n2C)C1CC2CCC1C2. The largest absolute Gasteiger partial charge is 0.352 e. The zero-order chi connectivity index (χ0) is 18.6. The highest BCUT2D eigenvalue weighted by molar-refractivity contribution is 5.79. The standard InChI is InChI=1S/C18H25N5O3/c1-10(13-7-11-4-5-12(13)6-11)20-14(24)8-23-9-19-16-15(23)17(25)22(3)18(26)21(16)2/h9-13H,4-8H2,1-3H3,(H,20,24). The average Bonchev–Trinajstić information content (AvgIpc) is 3.33. The van der Waals surface area contributed by atoms with Gasteiger partial charge in [-0.25, -0.2) is 9.78 Å². The molecule has 1 N–H and O–H groups in total. The molecule has 4 unspecified atom stereocenters. The summed E-state index contributed by atoms with van der Waals surface area (Å²) < 4.78 is 3.89. The fourth-order valence-electron chi connectivity index (χ4n) is 4.98. The lowest BCUT2D eigenvalue weighted by atomic mass is 9.84.